The molecule has 1 aliphatic heterocycles. The highest BCUT2D eigenvalue weighted by atomic mass is 16.5. The Bertz CT molecular complexity index is 619. The number of hydrogen-bond acceptors (Lipinski definition) is 3. The summed E-state index contributed by atoms with van der Waals surface area (Å²) < 4.78 is 10.8. The van der Waals surface area contributed by atoms with Crippen molar-refractivity contribution >= 4 is 5.91 Å². The number of amides is 1. The van der Waals surface area contributed by atoms with E-state index in [0.717, 1.165) is 30.9 Å². The average Bonchev–Trinajstić information content (AvgIpc) is 3.25. The molecule has 0 bridgehead atoms. The smallest absolute Gasteiger partial charge is 0.223 e. The van der Waals surface area contributed by atoms with E-state index in [-0.39, 0.29) is 11.9 Å². The molecule has 0 spiro atoms. The van der Waals surface area contributed by atoms with Gasteiger partial charge in [0.2, 0.25) is 5.91 Å². The summed E-state index contributed by atoms with van der Waals surface area (Å²) >= 11 is 0. The molecule has 4 heteroatoms. The number of hydrogen-bond donors (Lipinski definition) is 0. The Labute approximate surface area is 137 Å². The molecular weight excluding hydrogens is 290 g/mol. The van der Waals surface area contributed by atoms with Crippen LogP contribution in [0.15, 0.2) is 47.1 Å². The van der Waals surface area contributed by atoms with E-state index in [0.29, 0.717) is 19.4 Å². The van der Waals surface area contributed by atoms with Gasteiger partial charge in [0, 0.05) is 19.4 Å². The number of benzene rings is 1. The Morgan fingerprint density at radius 1 is 1.30 bits per heavy atom. The van der Waals surface area contributed by atoms with E-state index in [1.54, 1.807) is 6.26 Å². The van der Waals surface area contributed by atoms with Crippen LogP contribution < -0.4 is 4.74 Å². The van der Waals surface area contributed by atoms with Gasteiger partial charge in [-0.15, -0.1) is 0 Å². The summed E-state index contributed by atoms with van der Waals surface area (Å²) in [6.45, 7) is 3.49. The normalized spacial score (nSPS) is 17.4. The third kappa shape index (κ3) is 3.76. The number of nitrogens with zero attached hydrogens (tertiary/aromatic N) is 1. The summed E-state index contributed by atoms with van der Waals surface area (Å²) in [4.78, 5) is 14.6. The summed E-state index contributed by atoms with van der Waals surface area (Å²) in [5.74, 6) is 1.96. The molecule has 1 amide bonds. The molecule has 1 saturated heterocycles. The second-order valence-corrected chi connectivity index (χ2v) is 5.83. The first-order valence-electron chi connectivity index (χ1n) is 8.32. The number of ether oxygens (including phenoxy) is 1. The van der Waals surface area contributed by atoms with E-state index in [9.17, 15) is 4.79 Å². The van der Waals surface area contributed by atoms with Crippen molar-refractivity contribution in [3.05, 3.63) is 54.0 Å². The van der Waals surface area contributed by atoms with Crippen molar-refractivity contribution in [2.45, 2.75) is 38.6 Å². The Kier molecular flexibility index (Phi) is 5.01. The maximum Gasteiger partial charge on any atom is 0.223 e. The van der Waals surface area contributed by atoms with Crippen molar-refractivity contribution < 1.29 is 13.9 Å². The number of aryl methyl sites for hydroxylation is 1. The van der Waals surface area contributed by atoms with Crippen molar-refractivity contribution in [1.29, 1.82) is 0 Å². The number of carbonyl (C=O) groups excluding carboxylic acids is 1. The van der Waals surface area contributed by atoms with Gasteiger partial charge in [0.05, 0.1) is 18.9 Å². The lowest BCUT2D eigenvalue weighted by molar-refractivity contribution is -0.132. The highest BCUT2D eigenvalue weighted by molar-refractivity contribution is 5.77. The number of rotatable bonds is 6. The number of furan rings is 1. The summed E-state index contributed by atoms with van der Waals surface area (Å²) in [5, 5.41) is 0. The quantitative estimate of drug-likeness (QED) is 0.810. The molecule has 2 heterocycles. The monoisotopic (exact) mass is 313 g/mol. The van der Waals surface area contributed by atoms with Crippen LogP contribution in [0.25, 0.3) is 0 Å². The summed E-state index contributed by atoms with van der Waals surface area (Å²) in [5.41, 5.74) is 1.19. The van der Waals surface area contributed by atoms with Crippen LogP contribution in [0.5, 0.6) is 5.75 Å². The van der Waals surface area contributed by atoms with Gasteiger partial charge in [-0.3, -0.25) is 4.79 Å². The molecule has 1 aliphatic rings. The molecule has 3 rings (SSSR count). The zero-order valence-corrected chi connectivity index (χ0v) is 13.5. The van der Waals surface area contributed by atoms with Crippen LogP contribution >= 0.6 is 0 Å². The Balaban J connectivity index is 1.63. The molecule has 0 aliphatic carbocycles. The van der Waals surface area contributed by atoms with Crippen LogP contribution in [0, 0.1) is 0 Å². The topological polar surface area (TPSA) is 42.7 Å². The predicted octanol–water partition coefficient (Wildman–Crippen LogP) is 3.97. The highest BCUT2D eigenvalue weighted by Crippen LogP contribution is 2.33. The van der Waals surface area contributed by atoms with Gasteiger partial charge in [-0.25, -0.2) is 0 Å². The van der Waals surface area contributed by atoms with Gasteiger partial charge in [0.1, 0.15) is 11.5 Å². The Hall–Kier alpha value is -2.23. The van der Waals surface area contributed by atoms with Crippen LogP contribution in [0.4, 0.5) is 0 Å². The second kappa shape index (κ2) is 7.36. The van der Waals surface area contributed by atoms with Gasteiger partial charge in [-0.1, -0.05) is 12.1 Å². The van der Waals surface area contributed by atoms with Gasteiger partial charge in [0.25, 0.3) is 0 Å². The van der Waals surface area contributed by atoms with Crippen LogP contribution in [-0.4, -0.2) is 24.0 Å². The molecule has 23 heavy (non-hydrogen) atoms. The standard InChI is InChI=1S/C19H23NO3/c1-2-22-17-9-7-15(8-10-17)18-6-3-13-20(18)19(21)12-11-16-5-4-14-23-16/h4-5,7-10,14,18H,2-3,6,11-13H2,1H3. The third-order valence-corrected chi connectivity index (χ3v) is 4.31. The van der Waals surface area contributed by atoms with Gasteiger partial charge < -0.3 is 14.1 Å². The molecular formula is C19H23NO3. The lowest BCUT2D eigenvalue weighted by Crippen LogP contribution is -2.30. The van der Waals surface area contributed by atoms with Crippen LogP contribution in [-0.2, 0) is 11.2 Å². The van der Waals surface area contributed by atoms with Crippen LogP contribution in [0.1, 0.15) is 43.6 Å². The second-order valence-electron chi connectivity index (χ2n) is 5.83. The first-order valence-corrected chi connectivity index (χ1v) is 8.32. The minimum Gasteiger partial charge on any atom is -0.494 e. The van der Waals surface area contributed by atoms with Gasteiger partial charge in [-0.05, 0) is 49.6 Å². The molecule has 2 aromatic rings. The van der Waals surface area contributed by atoms with Crippen molar-refractivity contribution in [2.24, 2.45) is 0 Å². The van der Waals surface area contributed by atoms with Crippen LogP contribution in [0.3, 0.4) is 0 Å². The van der Waals surface area contributed by atoms with E-state index in [2.05, 4.69) is 12.1 Å². The zero-order chi connectivity index (χ0) is 16.1. The third-order valence-electron chi connectivity index (χ3n) is 4.31. The fourth-order valence-corrected chi connectivity index (χ4v) is 3.19. The van der Waals surface area contributed by atoms with Crippen molar-refractivity contribution in [3.63, 3.8) is 0 Å². The number of carbonyl (C=O) groups is 1. The maximum absolute atomic E-state index is 12.6. The Morgan fingerprint density at radius 3 is 2.83 bits per heavy atom. The minimum absolute atomic E-state index is 0.190. The zero-order valence-electron chi connectivity index (χ0n) is 13.5. The molecule has 1 fully saturated rings. The molecule has 1 atom stereocenters. The van der Waals surface area contributed by atoms with Gasteiger partial charge >= 0.3 is 0 Å². The molecule has 1 aromatic carbocycles. The summed E-state index contributed by atoms with van der Waals surface area (Å²) in [7, 11) is 0. The van der Waals surface area contributed by atoms with Gasteiger partial charge in [0.15, 0.2) is 0 Å². The van der Waals surface area contributed by atoms with E-state index in [4.69, 9.17) is 9.15 Å². The number of likely N-dealkylation sites (tertiary alicyclic amines) is 1. The lowest BCUT2D eigenvalue weighted by atomic mass is 10.0. The minimum atomic E-state index is 0.190. The molecule has 0 radical (unpaired) electrons. The Morgan fingerprint density at radius 2 is 2.13 bits per heavy atom. The fraction of sp³-hybridized carbons (Fsp3) is 0.421. The molecule has 0 saturated carbocycles. The van der Waals surface area contributed by atoms with E-state index < -0.39 is 0 Å². The first kappa shape index (κ1) is 15.7. The van der Waals surface area contributed by atoms with Crippen molar-refractivity contribution in [1.82, 2.24) is 4.90 Å². The van der Waals surface area contributed by atoms with E-state index in [1.165, 1.54) is 5.56 Å². The summed E-state index contributed by atoms with van der Waals surface area (Å²) in [6, 6.07) is 12.1. The van der Waals surface area contributed by atoms with Crippen molar-refractivity contribution in [3.8, 4) is 5.75 Å². The molecule has 1 unspecified atom stereocenters. The molecule has 4 nitrogen and oxygen atoms in total. The molecule has 0 N–H and O–H groups in total. The summed E-state index contributed by atoms with van der Waals surface area (Å²) in [6.07, 6.45) is 4.91. The molecule has 1 aromatic heterocycles. The molecule has 122 valence electrons. The van der Waals surface area contributed by atoms with Crippen LogP contribution in [0.2, 0.25) is 0 Å². The van der Waals surface area contributed by atoms with E-state index in [1.807, 2.05) is 36.1 Å². The van der Waals surface area contributed by atoms with Gasteiger partial charge in [-0.2, -0.15) is 0 Å². The first-order chi connectivity index (χ1) is 11.3. The average molecular weight is 313 g/mol. The van der Waals surface area contributed by atoms with Crippen molar-refractivity contribution in [2.75, 3.05) is 13.2 Å². The highest BCUT2D eigenvalue weighted by Gasteiger charge is 2.29. The lowest BCUT2D eigenvalue weighted by Gasteiger charge is -2.25. The fourth-order valence-electron chi connectivity index (χ4n) is 3.19. The van der Waals surface area contributed by atoms with E-state index >= 15 is 0 Å². The largest absolute Gasteiger partial charge is 0.494 e. The SMILES string of the molecule is CCOc1ccc(C2CCCN2C(=O)CCc2ccco2)cc1. The maximum atomic E-state index is 12.6. The predicted molar refractivity (Wildman–Crippen MR) is 88.3 cm³/mol.